The highest BCUT2D eigenvalue weighted by molar-refractivity contribution is 6.33. The molecule has 0 aliphatic rings. The molecule has 5 heteroatoms. The van der Waals surface area contributed by atoms with E-state index in [0.717, 1.165) is 0 Å². The van der Waals surface area contributed by atoms with E-state index in [1.54, 1.807) is 18.2 Å². The van der Waals surface area contributed by atoms with Crippen molar-refractivity contribution in [1.82, 2.24) is 5.32 Å². The standard InChI is InChI=1S/C14H16ClN3O/c1-14(2,3)18-13(19)10(8-16)9-17-12-7-5-4-6-11(12)15/h4-7,9,17H,1-3H3,(H,18,19)/b10-9-. The molecule has 19 heavy (non-hydrogen) atoms. The summed E-state index contributed by atoms with van der Waals surface area (Å²) >= 11 is 5.96. The number of halogens is 1. The number of para-hydroxylation sites is 1. The molecule has 1 rings (SSSR count). The van der Waals surface area contributed by atoms with Crippen molar-refractivity contribution in [2.24, 2.45) is 0 Å². The van der Waals surface area contributed by atoms with Gasteiger partial charge in [0.25, 0.3) is 5.91 Å². The van der Waals surface area contributed by atoms with E-state index in [4.69, 9.17) is 16.9 Å². The molecule has 0 heterocycles. The van der Waals surface area contributed by atoms with Crippen molar-refractivity contribution < 1.29 is 4.79 Å². The van der Waals surface area contributed by atoms with E-state index in [0.29, 0.717) is 10.7 Å². The first-order valence-corrected chi connectivity index (χ1v) is 6.15. The molecule has 0 fully saturated rings. The van der Waals surface area contributed by atoms with Crippen LogP contribution in [-0.4, -0.2) is 11.4 Å². The summed E-state index contributed by atoms with van der Waals surface area (Å²) < 4.78 is 0. The number of nitrogens with one attached hydrogen (secondary N) is 2. The molecule has 0 radical (unpaired) electrons. The first-order chi connectivity index (χ1) is 8.83. The van der Waals surface area contributed by atoms with Gasteiger partial charge in [-0.3, -0.25) is 4.79 Å². The van der Waals surface area contributed by atoms with E-state index >= 15 is 0 Å². The Morgan fingerprint density at radius 3 is 2.53 bits per heavy atom. The predicted molar refractivity (Wildman–Crippen MR) is 76.7 cm³/mol. The molecule has 100 valence electrons. The molecule has 0 spiro atoms. The SMILES string of the molecule is CC(C)(C)NC(=O)/C(C#N)=C\Nc1ccccc1Cl. The van der Waals surface area contributed by atoms with Gasteiger partial charge < -0.3 is 10.6 Å². The molecule has 1 amide bonds. The van der Waals surface area contributed by atoms with Gasteiger partial charge in [-0.2, -0.15) is 5.26 Å². The zero-order valence-electron chi connectivity index (χ0n) is 11.1. The Morgan fingerprint density at radius 1 is 1.37 bits per heavy atom. The van der Waals surface area contributed by atoms with Crippen molar-refractivity contribution in [1.29, 1.82) is 5.26 Å². The summed E-state index contributed by atoms with van der Waals surface area (Å²) in [5, 5.41) is 15.1. The Balaban J connectivity index is 2.82. The number of anilines is 1. The van der Waals surface area contributed by atoms with Gasteiger partial charge in [0.1, 0.15) is 11.6 Å². The maximum atomic E-state index is 11.8. The van der Waals surface area contributed by atoms with E-state index in [9.17, 15) is 4.79 Å². The van der Waals surface area contributed by atoms with Gasteiger partial charge in [0, 0.05) is 11.7 Å². The van der Waals surface area contributed by atoms with Crippen LogP contribution in [0.3, 0.4) is 0 Å². The Morgan fingerprint density at radius 2 is 2.00 bits per heavy atom. The predicted octanol–water partition coefficient (Wildman–Crippen LogP) is 3.07. The first kappa shape index (κ1) is 15.1. The van der Waals surface area contributed by atoms with Gasteiger partial charge >= 0.3 is 0 Å². The van der Waals surface area contributed by atoms with Gasteiger partial charge in [-0.25, -0.2) is 0 Å². The zero-order chi connectivity index (χ0) is 14.5. The summed E-state index contributed by atoms with van der Waals surface area (Å²) in [5.41, 5.74) is 0.243. The van der Waals surface area contributed by atoms with E-state index < -0.39 is 11.4 Å². The second-order valence-corrected chi connectivity index (χ2v) is 5.41. The number of benzene rings is 1. The Labute approximate surface area is 118 Å². The number of rotatable bonds is 3. The van der Waals surface area contributed by atoms with Crippen molar-refractivity contribution in [3.63, 3.8) is 0 Å². The number of hydrogen-bond acceptors (Lipinski definition) is 3. The number of nitriles is 1. The summed E-state index contributed by atoms with van der Waals surface area (Å²) in [4.78, 5) is 11.8. The van der Waals surface area contributed by atoms with E-state index in [1.165, 1.54) is 6.20 Å². The molecule has 0 atom stereocenters. The van der Waals surface area contributed by atoms with Crippen LogP contribution in [-0.2, 0) is 4.79 Å². The highest BCUT2D eigenvalue weighted by Gasteiger charge is 2.17. The van der Waals surface area contributed by atoms with Gasteiger partial charge in [-0.1, -0.05) is 23.7 Å². The smallest absolute Gasteiger partial charge is 0.263 e. The number of carbonyl (C=O) groups excluding carboxylic acids is 1. The van der Waals surface area contributed by atoms with Gasteiger partial charge in [0.15, 0.2) is 0 Å². The summed E-state index contributed by atoms with van der Waals surface area (Å²) in [5.74, 6) is -0.422. The number of hydrogen-bond donors (Lipinski definition) is 2. The molecule has 1 aromatic carbocycles. The van der Waals surface area contributed by atoms with Crippen LogP contribution in [0.15, 0.2) is 36.0 Å². The second-order valence-electron chi connectivity index (χ2n) is 5.00. The summed E-state index contributed by atoms with van der Waals surface area (Å²) in [6, 6.07) is 8.95. The van der Waals surface area contributed by atoms with Gasteiger partial charge in [-0.15, -0.1) is 0 Å². The highest BCUT2D eigenvalue weighted by atomic mass is 35.5. The molecular weight excluding hydrogens is 262 g/mol. The molecule has 0 aliphatic heterocycles. The zero-order valence-corrected chi connectivity index (χ0v) is 11.9. The third-order valence-corrected chi connectivity index (χ3v) is 2.43. The molecule has 4 nitrogen and oxygen atoms in total. The molecule has 1 aromatic rings. The number of carbonyl (C=O) groups is 1. The lowest BCUT2D eigenvalue weighted by Gasteiger charge is -2.20. The molecule has 0 saturated carbocycles. The number of nitrogens with zero attached hydrogens (tertiary/aromatic N) is 1. The van der Waals surface area contributed by atoms with Crippen molar-refractivity contribution >= 4 is 23.2 Å². The minimum Gasteiger partial charge on any atom is -0.359 e. The highest BCUT2D eigenvalue weighted by Crippen LogP contribution is 2.20. The lowest BCUT2D eigenvalue weighted by Crippen LogP contribution is -2.41. The molecule has 0 aliphatic carbocycles. The van der Waals surface area contributed by atoms with Crippen molar-refractivity contribution in [2.45, 2.75) is 26.3 Å². The lowest BCUT2D eigenvalue weighted by atomic mass is 10.1. The fourth-order valence-corrected chi connectivity index (χ4v) is 1.47. The third kappa shape index (κ3) is 5.02. The quantitative estimate of drug-likeness (QED) is 0.659. The molecular formula is C14H16ClN3O. The maximum Gasteiger partial charge on any atom is 0.263 e. The topological polar surface area (TPSA) is 64.9 Å². The van der Waals surface area contributed by atoms with Crippen molar-refractivity contribution in [2.75, 3.05) is 5.32 Å². The first-order valence-electron chi connectivity index (χ1n) is 5.77. The normalized spacial score (nSPS) is 11.6. The number of amides is 1. The third-order valence-electron chi connectivity index (χ3n) is 2.10. The average Bonchev–Trinajstić information content (AvgIpc) is 2.29. The maximum absolute atomic E-state index is 11.8. The van der Waals surface area contributed by atoms with Crippen LogP contribution in [0, 0.1) is 11.3 Å². The van der Waals surface area contributed by atoms with Crippen LogP contribution in [0.25, 0.3) is 0 Å². The van der Waals surface area contributed by atoms with Crippen molar-refractivity contribution in [3.05, 3.63) is 41.1 Å². The van der Waals surface area contributed by atoms with Gasteiger partial charge in [0.05, 0.1) is 10.7 Å². The Hall–Kier alpha value is -1.99. The minimum atomic E-state index is -0.422. The molecule has 0 saturated heterocycles. The van der Waals surface area contributed by atoms with Crippen LogP contribution in [0.2, 0.25) is 5.02 Å². The van der Waals surface area contributed by atoms with Crippen LogP contribution >= 0.6 is 11.6 Å². The average molecular weight is 278 g/mol. The second kappa shape index (κ2) is 6.26. The lowest BCUT2D eigenvalue weighted by molar-refractivity contribution is -0.118. The molecule has 0 bridgehead atoms. The summed E-state index contributed by atoms with van der Waals surface area (Å²) in [6.45, 7) is 5.55. The Bertz CT molecular complexity index is 538. The van der Waals surface area contributed by atoms with E-state index in [2.05, 4.69) is 10.6 Å². The van der Waals surface area contributed by atoms with Crippen molar-refractivity contribution in [3.8, 4) is 6.07 Å². The fraction of sp³-hybridized carbons (Fsp3) is 0.286. The van der Waals surface area contributed by atoms with Crippen LogP contribution in [0.4, 0.5) is 5.69 Å². The van der Waals surface area contributed by atoms with Gasteiger partial charge in [-0.05, 0) is 32.9 Å². The van der Waals surface area contributed by atoms with Crippen LogP contribution in [0.1, 0.15) is 20.8 Å². The molecule has 0 unspecified atom stereocenters. The van der Waals surface area contributed by atoms with Crippen LogP contribution < -0.4 is 10.6 Å². The monoisotopic (exact) mass is 277 g/mol. The fourth-order valence-electron chi connectivity index (χ4n) is 1.28. The summed E-state index contributed by atoms with van der Waals surface area (Å²) in [7, 11) is 0. The van der Waals surface area contributed by atoms with Gasteiger partial charge in [0.2, 0.25) is 0 Å². The largest absolute Gasteiger partial charge is 0.359 e. The molecule has 0 aromatic heterocycles. The molecule has 2 N–H and O–H groups in total. The van der Waals surface area contributed by atoms with E-state index in [1.807, 2.05) is 32.9 Å². The minimum absolute atomic E-state index is 0.00477. The van der Waals surface area contributed by atoms with Crippen LogP contribution in [0.5, 0.6) is 0 Å². The summed E-state index contributed by atoms with van der Waals surface area (Å²) in [6.07, 6.45) is 1.35. The Kier molecular flexibility index (Phi) is 4.96. The van der Waals surface area contributed by atoms with E-state index in [-0.39, 0.29) is 5.57 Å².